The molecule has 0 bridgehead atoms. The lowest BCUT2D eigenvalue weighted by atomic mass is 9.80. The second kappa shape index (κ2) is 19.8. The third kappa shape index (κ3) is 9.90. The van der Waals surface area contributed by atoms with E-state index in [1.807, 2.05) is 6.07 Å². The van der Waals surface area contributed by atoms with Crippen LogP contribution in [0.2, 0.25) is 5.02 Å². The number of esters is 1. The van der Waals surface area contributed by atoms with E-state index in [0.717, 1.165) is 38.5 Å². The minimum atomic E-state index is -1.67. The van der Waals surface area contributed by atoms with E-state index in [4.69, 9.17) is 44.8 Å². The molecule has 2 aromatic carbocycles. The Balaban J connectivity index is 2.21. The van der Waals surface area contributed by atoms with E-state index in [2.05, 4.69) is 20.8 Å². The summed E-state index contributed by atoms with van der Waals surface area (Å²) in [6.07, 6.45) is 2.75. The molecule has 0 amide bonds. The van der Waals surface area contributed by atoms with Crippen molar-refractivity contribution in [2.75, 3.05) is 46.8 Å². The summed E-state index contributed by atoms with van der Waals surface area (Å²) in [7, 11) is 1.50. The predicted octanol–water partition coefficient (Wildman–Crippen LogP) is 7.15. The summed E-state index contributed by atoms with van der Waals surface area (Å²) in [6, 6.07) is 10.2. The molecule has 0 aromatic heterocycles. The van der Waals surface area contributed by atoms with Crippen molar-refractivity contribution in [2.45, 2.75) is 109 Å². The lowest BCUT2D eigenvalue weighted by molar-refractivity contribution is -0.414. The first kappa shape index (κ1) is 40.1. The summed E-state index contributed by atoms with van der Waals surface area (Å²) in [5.74, 6) is -2.49. The number of rotatable bonds is 21. The van der Waals surface area contributed by atoms with Gasteiger partial charge < -0.3 is 38.3 Å². The van der Waals surface area contributed by atoms with Crippen LogP contribution in [-0.2, 0) is 45.4 Å². The summed E-state index contributed by atoms with van der Waals surface area (Å²) >= 11 is 6.73. The van der Waals surface area contributed by atoms with Crippen molar-refractivity contribution >= 4 is 17.6 Å². The van der Waals surface area contributed by atoms with Gasteiger partial charge in [-0.25, -0.2) is 4.39 Å². The molecule has 9 nitrogen and oxygen atoms in total. The van der Waals surface area contributed by atoms with Gasteiger partial charge in [0.05, 0.1) is 13.2 Å². The molecule has 0 aliphatic carbocycles. The number of aliphatic hydroxyl groups is 1. The van der Waals surface area contributed by atoms with Gasteiger partial charge >= 0.3 is 5.97 Å². The van der Waals surface area contributed by atoms with E-state index in [1.165, 1.54) is 20.1 Å². The van der Waals surface area contributed by atoms with Crippen LogP contribution in [0.1, 0.15) is 89.8 Å². The average Bonchev–Trinajstić information content (AvgIpc) is 3.07. The molecule has 48 heavy (non-hydrogen) atoms. The first-order chi connectivity index (χ1) is 23.1. The smallest absolute Gasteiger partial charge is 0.302 e. The summed E-state index contributed by atoms with van der Waals surface area (Å²) in [5.41, 5.74) is 0.319. The van der Waals surface area contributed by atoms with E-state index in [-0.39, 0.29) is 12.4 Å². The van der Waals surface area contributed by atoms with Gasteiger partial charge in [-0.2, -0.15) is 0 Å². The molecule has 0 unspecified atom stereocenters. The molecule has 2 aromatic rings. The Morgan fingerprint density at radius 2 is 1.58 bits per heavy atom. The molecule has 0 saturated carbocycles. The minimum Gasteiger partial charge on any atom is -0.491 e. The van der Waals surface area contributed by atoms with Crippen LogP contribution in [0.5, 0.6) is 5.75 Å². The van der Waals surface area contributed by atoms with E-state index in [9.17, 15) is 14.3 Å². The molecule has 5 atom stereocenters. The van der Waals surface area contributed by atoms with Gasteiger partial charge in [0.15, 0.2) is 17.2 Å². The monoisotopic (exact) mass is 696 g/mol. The number of carbonyl (C=O) groups is 1. The topological polar surface area (TPSA) is 102 Å². The third-order valence-electron chi connectivity index (χ3n) is 8.47. The Hall–Kier alpha value is -2.31. The number of hydrogen-bond acceptors (Lipinski definition) is 9. The van der Waals surface area contributed by atoms with Crippen molar-refractivity contribution in [3.63, 3.8) is 0 Å². The van der Waals surface area contributed by atoms with Gasteiger partial charge in [-0.05, 0) is 68.0 Å². The van der Waals surface area contributed by atoms with Crippen molar-refractivity contribution < 1.29 is 47.4 Å². The van der Waals surface area contributed by atoms with Crippen molar-refractivity contribution in [1.82, 2.24) is 0 Å². The Morgan fingerprint density at radius 1 is 0.938 bits per heavy atom. The molecule has 270 valence electrons. The zero-order valence-corrected chi connectivity index (χ0v) is 30.1. The maximum absolute atomic E-state index is 14.8. The molecule has 0 spiro atoms. The van der Waals surface area contributed by atoms with Crippen LogP contribution in [0.15, 0.2) is 36.4 Å². The highest BCUT2D eigenvalue weighted by atomic mass is 35.5. The fraction of sp³-hybridized carbons (Fsp3) is 0.649. The number of halogens is 2. The lowest BCUT2D eigenvalue weighted by Crippen LogP contribution is -2.73. The van der Waals surface area contributed by atoms with Gasteiger partial charge in [0, 0.05) is 44.4 Å². The van der Waals surface area contributed by atoms with Crippen LogP contribution < -0.4 is 4.74 Å². The van der Waals surface area contributed by atoms with E-state index in [1.54, 1.807) is 31.2 Å². The number of ether oxygens (including phenoxy) is 7. The molecular weight excluding hydrogens is 643 g/mol. The van der Waals surface area contributed by atoms with Crippen LogP contribution in [0.25, 0.3) is 0 Å². The summed E-state index contributed by atoms with van der Waals surface area (Å²) in [4.78, 5) is 12.1. The number of aliphatic hydroxyl groups excluding tert-OH is 1. The van der Waals surface area contributed by atoms with E-state index >= 15 is 0 Å². The Labute approximate surface area is 290 Å². The highest BCUT2D eigenvalue weighted by molar-refractivity contribution is 6.31. The zero-order chi connectivity index (χ0) is 35.2. The largest absolute Gasteiger partial charge is 0.491 e. The van der Waals surface area contributed by atoms with Crippen LogP contribution in [0.4, 0.5) is 4.39 Å². The van der Waals surface area contributed by atoms with Gasteiger partial charge in [-0.3, -0.25) is 4.79 Å². The summed E-state index contributed by atoms with van der Waals surface area (Å²) in [5, 5.41) is 11.6. The summed E-state index contributed by atoms with van der Waals surface area (Å²) < 4.78 is 58.7. The molecule has 0 radical (unpaired) electrons. The standard InChI is InChI=1S/C37H54ClFO9/c1-7-11-18-44-33-34(45-19-12-8-2)36(24-40,25-47-26(5)41)48-37(42-6,35(33)46-20-13-9-3)29-15-16-30(38)28(23-29)21-27-14-17-32(43-10-4)31(39)22-27/h14-17,22-23,33-35,40H,7-13,18-21,24-25H2,1-6H3/t33-,34-,35+,36+,37-/m0/s1. The van der Waals surface area contributed by atoms with Gasteiger partial charge in [-0.15, -0.1) is 0 Å². The fourth-order valence-corrected chi connectivity index (χ4v) is 6.05. The van der Waals surface area contributed by atoms with Crippen molar-refractivity contribution in [3.8, 4) is 5.75 Å². The highest BCUT2D eigenvalue weighted by Crippen LogP contribution is 2.48. The SMILES string of the molecule is CCCCO[C@@H]1[C@@H](OCCCC)[C@](OC)(c2ccc(Cl)c(Cc3ccc(OCC)c(F)c3)c2)O[C@](CO)(COC(C)=O)[C@H]1OCCCC. The second-order valence-corrected chi connectivity index (χ2v) is 12.5. The maximum atomic E-state index is 14.8. The number of hydrogen-bond donors (Lipinski definition) is 1. The zero-order valence-electron chi connectivity index (χ0n) is 29.4. The normalized spacial score (nSPS) is 24.1. The molecular formula is C37H54ClFO9. The van der Waals surface area contributed by atoms with Gasteiger partial charge in [0.25, 0.3) is 0 Å². The van der Waals surface area contributed by atoms with Crippen LogP contribution in [0.3, 0.4) is 0 Å². The van der Waals surface area contributed by atoms with Crippen LogP contribution >= 0.6 is 11.6 Å². The van der Waals surface area contributed by atoms with Gasteiger partial charge in [0.2, 0.25) is 5.79 Å². The molecule has 3 rings (SSSR count). The molecule has 11 heteroatoms. The average molecular weight is 697 g/mol. The molecule has 1 heterocycles. The van der Waals surface area contributed by atoms with Crippen molar-refractivity contribution in [3.05, 3.63) is 63.9 Å². The Kier molecular flexibility index (Phi) is 16.5. The number of carbonyl (C=O) groups excluding carboxylic acids is 1. The first-order valence-electron chi connectivity index (χ1n) is 17.2. The molecule has 1 fully saturated rings. The number of unbranched alkanes of at least 4 members (excludes halogenated alkanes) is 3. The minimum absolute atomic E-state index is 0.181. The Morgan fingerprint density at radius 3 is 2.15 bits per heavy atom. The molecule has 1 N–H and O–H groups in total. The second-order valence-electron chi connectivity index (χ2n) is 12.1. The number of methoxy groups -OCH3 is 1. The third-order valence-corrected chi connectivity index (χ3v) is 8.84. The molecule has 1 aliphatic rings. The predicted molar refractivity (Wildman–Crippen MR) is 182 cm³/mol. The molecule has 1 saturated heterocycles. The highest BCUT2D eigenvalue weighted by Gasteiger charge is 2.64. The maximum Gasteiger partial charge on any atom is 0.302 e. The van der Waals surface area contributed by atoms with Gasteiger partial charge in [0.1, 0.15) is 24.9 Å². The number of benzene rings is 2. The van der Waals surface area contributed by atoms with E-state index < -0.39 is 48.1 Å². The summed E-state index contributed by atoms with van der Waals surface area (Å²) in [6.45, 7) is 9.91. The van der Waals surface area contributed by atoms with Crippen molar-refractivity contribution in [1.29, 1.82) is 0 Å². The van der Waals surface area contributed by atoms with Crippen LogP contribution in [-0.4, -0.2) is 81.7 Å². The molecule has 1 aliphatic heterocycles. The van der Waals surface area contributed by atoms with Crippen LogP contribution in [0, 0.1) is 5.82 Å². The van der Waals surface area contributed by atoms with Crippen molar-refractivity contribution in [2.24, 2.45) is 0 Å². The quantitative estimate of drug-likeness (QED) is 0.108. The fourth-order valence-electron chi connectivity index (χ4n) is 5.87. The van der Waals surface area contributed by atoms with E-state index in [0.29, 0.717) is 54.6 Å². The Bertz CT molecular complexity index is 1280. The van der Waals surface area contributed by atoms with Gasteiger partial charge in [-0.1, -0.05) is 63.8 Å². The first-order valence-corrected chi connectivity index (χ1v) is 17.6. The lowest BCUT2D eigenvalue weighted by Gasteiger charge is -2.56.